The molecule has 0 radical (unpaired) electrons. The van der Waals surface area contributed by atoms with Gasteiger partial charge in [-0.15, -0.1) is 0 Å². The van der Waals surface area contributed by atoms with Gasteiger partial charge in [-0.2, -0.15) is 0 Å². The second kappa shape index (κ2) is 9.58. The predicted octanol–water partition coefficient (Wildman–Crippen LogP) is 1.66. The van der Waals surface area contributed by atoms with Crippen LogP contribution in [0.2, 0.25) is 0 Å². The Morgan fingerprint density at radius 3 is 2.28 bits per heavy atom. The Labute approximate surface area is 173 Å². The summed E-state index contributed by atoms with van der Waals surface area (Å²) < 4.78 is 30.0. The van der Waals surface area contributed by atoms with E-state index >= 15 is 0 Å². The molecule has 1 heterocycles. The van der Waals surface area contributed by atoms with Crippen molar-refractivity contribution in [1.29, 1.82) is 0 Å². The first-order valence-electron chi connectivity index (χ1n) is 9.73. The lowest BCUT2D eigenvalue weighted by Crippen LogP contribution is -2.53. The zero-order valence-corrected chi connectivity index (χ0v) is 18.3. The summed E-state index contributed by atoms with van der Waals surface area (Å²) in [6.45, 7) is 6.01. The minimum Gasteiger partial charge on any atom is -0.444 e. The van der Waals surface area contributed by atoms with E-state index in [0.29, 0.717) is 32.4 Å². The first kappa shape index (κ1) is 23.2. The van der Waals surface area contributed by atoms with Crippen LogP contribution in [0, 0.1) is 0 Å². The lowest BCUT2D eigenvalue weighted by molar-refractivity contribution is -0.124. The largest absolute Gasteiger partial charge is 0.444 e. The molecule has 162 valence electrons. The number of benzene rings is 1. The van der Waals surface area contributed by atoms with Gasteiger partial charge in [-0.1, -0.05) is 30.3 Å². The zero-order chi connectivity index (χ0) is 21.7. The molecule has 1 saturated heterocycles. The Balaban J connectivity index is 2.01. The van der Waals surface area contributed by atoms with Crippen LogP contribution in [0.1, 0.15) is 39.2 Å². The molecule has 1 atom stereocenters. The van der Waals surface area contributed by atoms with Crippen LogP contribution in [0.25, 0.3) is 0 Å². The third-order valence-electron chi connectivity index (χ3n) is 4.56. The third-order valence-corrected chi connectivity index (χ3v) is 5.86. The lowest BCUT2D eigenvalue weighted by atomic mass is 10.0. The van der Waals surface area contributed by atoms with Crippen molar-refractivity contribution >= 4 is 22.0 Å². The molecule has 9 heteroatoms. The summed E-state index contributed by atoms with van der Waals surface area (Å²) in [4.78, 5) is 25.1. The number of hydrogen-bond donors (Lipinski definition) is 2. The molecule has 1 fully saturated rings. The molecule has 2 amide bonds. The zero-order valence-electron chi connectivity index (χ0n) is 17.5. The van der Waals surface area contributed by atoms with Crippen LogP contribution in [-0.2, 0) is 26.0 Å². The number of rotatable bonds is 6. The van der Waals surface area contributed by atoms with Crippen molar-refractivity contribution in [3.63, 3.8) is 0 Å². The summed E-state index contributed by atoms with van der Waals surface area (Å²) in [5.74, 6) is -0.308. The number of ether oxygens (including phenoxy) is 1. The van der Waals surface area contributed by atoms with Crippen LogP contribution < -0.4 is 10.6 Å². The molecule has 1 aliphatic rings. The van der Waals surface area contributed by atoms with Crippen LogP contribution in [0.5, 0.6) is 0 Å². The van der Waals surface area contributed by atoms with Gasteiger partial charge in [0, 0.05) is 25.6 Å². The van der Waals surface area contributed by atoms with E-state index in [1.807, 2.05) is 30.3 Å². The first-order valence-corrected chi connectivity index (χ1v) is 11.6. The first-order chi connectivity index (χ1) is 13.4. The van der Waals surface area contributed by atoms with Crippen molar-refractivity contribution < 1.29 is 22.7 Å². The van der Waals surface area contributed by atoms with E-state index in [1.54, 1.807) is 20.8 Å². The van der Waals surface area contributed by atoms with Gasteiger partial charge in [0.25, 0.3) is 0 Å². The molecule has 1 unspecified atom stereocenters. The van der Waals surface area contributed by atoms with Crippen LogP contribution in [-0.4, -0.2) is 61.8 Å². The van der Waals surface area contributed by atoms with Crippen molar-refractivity contribution in [2.75, 3.05) is 19.3 Å². The average molecular weight is 426 g/mol. The van der Waals surface area contributed by atoms with Gasteiger partial charge >= 0.3 is 6.09 Å². The minimum atomic E-state index is -3.22. The Kier molecular flexibility index (Phi) is 7.65. The lowest BCUT2D eigenvalue weighted by Gasteiger charge is -2.31. The average Bonchev–Trinajstić information content (AvgIpc) is 2.60. The molecule has 1 aromatic carbocycles. The highest BCUT2D eigenvalue weighted by Gasteiger charge is 2.29. The smallest absolute Gasteiger partial charge is 0.408 e. The monoisotopic (exact) mass is 425 g/mol. The normalized spacial score (nSPS) is 17.4. The molecule has 0 aliphatic carbocycles. The predicted molar refractivity (Wildman–Crippen MR) is 111 cm³/mol. The number of alkyl carbamates (subject to hydrolysis) is 1. The van der Waals surface area contributed by atoms with E-state index in [1.165, 1.54) is 10.6 Å². The van der Waals surface area contributed by atoms with Gasteiger partial charge in [-0.3, -0.25) is 4.79 Å². The Morgan fingerprint density at radius 1 is 1.17 bits per heavy atom. The summed E-state index contributed by atoms with van der Waals surface area (Å²) in [7, 11) is -3.22. The topological polar surface area (TPSA) is 105 Å². The third kappa shape index (κ3) is 8.02. The minimum absolute atomic E-state index is 0.140. The molecule has 2 rings (SSSR count). The number of nitrogens with one attached hydrogen (secondary N) is 2. The van der Waals surface area contributed by atoms with Crippen molar-refractivity contribution in [2.24, 2.45) is 0 Å². The fraction of sp³-hybridized carbons (Fsp3) is 0.600. The summed E-state index contributed by atoms with van der Waals surface area (Å²) in [6.07, 6.45) is 1.92. The van der Waals surface area contributed by atoms with E-state index in [2.05, 4.69) is 10.6 Å². The molecule has 29 heavy (non-hydrogen) atoms. The second-order valence-corrected chi connectivity index (χ2v) is 10.3. The van der Waals surface area contributed by atoms with E-state index in [0.717, 1.165) is 5.56 Å². The summed E-state index contributed by atoms with van der Waals surface area (Å²) in [5.41, 5.74) is 0.242. The van der Waals surface area contributed by atoms with Crippen LogP contribution in [0.3, 0.4) is 0 Å². The summed E-state index contributed by atoms with van der Waals surface area (Å²) in [5, 5.41) is 5.61. The molecule has 1 aromatic rings. The number of amides is 2. The number of sulfonamides is 1. The van der Waals surface area contributed by atoms with E-state index in [-0.39, 0.29) is 11.9 Å². The van der Waals surface area contributed by atoms with Crippen LogP contribution in [0.15, 0.2) is 30.3 Å². The maximum Gasteiger partial charge on any atom is 0.408 e. The van der Waals surface area contributed by atoms with Gasteiger partial charge in [0.2, 0.25) is 15.9 Å². The van der Waals surface area contributed by atoms with Crippen LogP contribution >= 0.6 is 0 Å². The van der Waals surface area contributed by atoms with Crippen molar-refractivity contribution in [1.82, 2.24) is 14.9 Å². The molecule has 2 N–H and O–H groups in total. The highest BCUT2D eigenvalue weighted by molar-refractivity contribution is 7.88. The number of hydrogen-bond acceptors (Lipinski definition) is 5. The number of nitrogens with zero attached hydrogens (tertiary/aromatic N) is 1. The maximum absolute atomic E-state index is 12.9. The number of piperidine rings is 1. The fourth-order valence-electron chi connectivity index (χ4n) is 3.14. The fourth-order valence-corrected chi connectivity index (χ4v) is 4.02. The highest BCUT2D eigenvalue weighted by atomic mass is 32.2. The quantitative estimate of drug-likeness (QED) is 0.721. The summed E-state index contributed by atoms with van der Waals surface area (Å²) in [6, 6.07) is 8.48. The molecule has 0 bridgehead atoms. The maximum atomic E-state index is 12.9. The molecule has 0 aromatic heterocycles. The van der Waals surface area contributed by atoms with Gasteiger partial charge in [-0.25, -0.2) is 17.5 Å². The SMILES string of the molecule is CC(C)(C)OC(=O)NC(Cc1ccccc1)C(=O)NC1CCN(S(C)(=O)=O)CC1. The molecular weight excluding hydrogens is 394 g/mol. The molecule has 0 spiro atoms. The van der Waals surface area contributed by atoms with E-state index < -0.39 is 27.8 Å². The van der Waals surface area contributed by atoms with Crippen molar-refractivity contribution in [3.8, 4) is 0 Å². The molecule has 0 saturated carbocycles. The number of carbonyl (C=O) groups is 2. The van der Waals surface area contributed by atoms with E-state index in [4.69, 9.17) is 4.74 Å². The summed E-state index contributed by atoms with van der Waals surface area (Å²) >= 11 is 0. The standard InChI is InChI=1S/C20H31N3O5S/c1-20(2,3)28-19(25)22-17(14-15-8-6-5-7-9-15)18(24)21-16-10-12-23(13-11-16)29(4,26)27/h5-9,16-17H,10-14H2,1-4H3,(H,21,24)(H,22,25). The van der Waals surface area contributed by atoms with E-state index in [9.17, 15) is 18.0 Å². The van der Waals surface area contributed by atoms with Gasteiger partial charge in [0.1, 0.15) is 11.6 Å². The highest BCUT2D eigenvalue weighted by Crippen LogP contribution is 2.14. The Hall–Kier alpha value is -2.13. The van der Waals surface area contributed by atoms with Gasteiger partial charge in [-0.05, 0) is 39.2 Å². The van der Waals surface area contributed by atoms with Gasteiger partial charge < -0.3 is 15.4 Å². The van der Waals surface area contributed by atoms with Gasteiger partial charge in [0.05, 0.1) is 6.26 Å². The Morgan fingerprint density at radius 2 is 1.76 bits per heavy atom. The van der Waals surface area contributed by atoms with Crippen molar-refractivity contribution in [3.05, 3.63) is 35.9 Å². The van der Waals surface area contributed by atoms with Crippen molar-refractivity contribution in [2.45, 2.75) is 57.7 Å². The van der Waals surface area contributed by atoms with Gasteiger partial charge in [0.15, 0.2) is 0 Å². The molecule has 8 nitrogen and oxygen atoms in total. The number of carbonyl (C=O) groups excluding carboxylic acids is 2. The Bertz CT molecular complexity index is 797. The molecular formula is C20H31N3O5S. The van der Waals surface area contributed by atoms with Crippen LogP contribution in [0.4, 0.5) is 4.79 Å². The second-order valence-electron chi connectivity index (χ2n) is 8.33. The molecule has 1 aliphatic heterocycles.